The van der Waals surface area contributed by atoms with Crippen LogP contribution in [0.25, 0.3) is 5.57 Å². The Balaban J connectivity index is 1.37. The molecule has 1 saturated heterocycles. The van der Waals surface area contributed by atoms with Crippen LogP contribution in [0.5, 0.6) is 5.75 Å². The van der Waals surface area contributed by atoms with Crippen LogP contribution in [0.4, 0.5) is 5.69 Å². The van der Waals surface area contributed by atoms with Gasteiger partial charge in [-0.25, -0.2) is 0 Å². The number of amides is 1. The van der Waals surface area contributed by atoms with E-state index < -0.39 is 0 Å². The molecule has 0 spiro atoms. The summed E-state index contributed by atoms with van der Waals surface area (Å²) in [7, 11) is 0. The Morgan fingerprint density at radius 3 is 2.58 bits per heavy atom. The first kappa shape index (κ1) is 23.3. The van der Waals surface area contributed by atoms with E-state index in [1.54, 1.807) is 24.3 Å². The lowest BCUT2D eigenvalue weighted by Crippen LogP contribution is -2.39. The molecule has 0 bridgehead atoms. The number of hydrogen-bond donors (Lipinski definition) is 3. The molecule has 166 valence electrons. The van der Waals surface area contributed by atoms with Gasteiger partial charge < -0.3 is 26.4 Å². The highest BCUT2D eigenvalue weighted by Crippen LogP contribution is 2.28. The van der Waals surface area contributed by atoms with Gasteiger partial charge in [-0.05, 0) is 44.0 Å². The van der Waals surface area contributed by atoms with E-state index in [0.29, 0.717) is 33.4 Å². The predicted octanol–water partition coefficient (Wildman–Crippen LogP) is 3.92. The van der Waals surface area contributed by atoms with Crippen molar-refractivity contribution in [3.05, 3.63) is 64.3 Å². The molecule has 0 unspecified atom stereocenters. The van der Waals surface area contributed by atoms with Crippen molar-refractivity contribution in [1.29, 1.82) is 0 Å². The SMILES string of the molecule is N/C=C(/C(=O)NCCCN1CCC(Oc2ccc(Cl)c(Cl)c2)CC1)c1ccccc1N. The summed E-state index contributed by atoms with van der Waals surface area (Å²) in [4.78, 5) is 14.9. The molecule has 2 aromatic rings. The Labute approximate surface area is 193 Å². The molecule has 0 saturated carbocycles. The molecule has 1 aliphatic rings. The smallest absolute Gasteiger partial charge is 0.253 e. The highest BCUT2D eigenvalue weighted by atomic mass is 35.5. The van der Waals surface area contributed by atoms with Crippen molar-refractivity contribution >= 4 is 40.4 Å². The molecule has 0 atom stereocenters. The lowest BCUT2D eigenvalue weighted by Gasteiger charge is -2.32. The number of nitrogens with two attached hydrogens (primary N) is 2. The number of nitrogens with zero attached hydrogens (tertiary/aromatic N) is 1. The van der Waals surface area contributed by atoms with E-state index >= 15 is 0 Å². The fourth-order valence-corrected chi connectivity index (χ4v) is 3.91. The number of piperidine rings is 1. The Kier molecular flexibility index (Phi) is 8.46. The van der Waals surface area contributed by atoms with Crippen LogP contribution in [0, 0.1) is 0 Å². The number of rotatable bonds is 8. The number of para-hydroxylation sites is 1. The molecule has 8 heteroatoms. The van der Waals surface area contributed by atoms with Gasteiger partial charge >= 0.3 is 0 Å². The van der Waals surface area contributed by atoms with Gasteiger partial charge in [0.15, 0.2) is 0 Å². The number of nitrogens with one attached hydrogen (secondary N) is 1. The largest absolute Gasteiger partial charge is 0.490 e. The van der Waals surface area contributed by atoms with E-state index in [1.807, 2.05) is 18.2 Å². The normalized spacial score (nSPS) is 15.6. The fraction of sp³-hybridized carbons (Fsp3) is 0.348. The molecular weight excluding hydrogens is 435 g/mol. The molecule has 1 heterocycles. The minimum atomic E-state index is -0.214. The minimum Gasteiger partial charge on any atom is -0.490 e. The third-order valence-electron chi connectivity index (χ3n) is 5.33. The average molecular weight is 463 g/mol. The second-order valence-corrected chi connectivity index (χ2v) is 8.33. The van der Waals surface area contributed by atoms with Crippen molar-refractivity contribution in [3.8, 4) is 5.75 Å². The zero-order valence-corrected chi connectivity index (χ0v) is 18.8. The molecule has 31 heavy (non-hydrogen) atoms. The van der Waals surface area contributed by atoms with E-state index in [9.17, 15) is 4.79 Å². The van der Waals surface area contributed by atoms with Crippen molar-refractivity contribution < 1.29 is 9.53 Å². The number of likely N-dealkylation sites (tertiary alicyclic amines) is 1. The summed E-state index contributed by atoms with van der Waals surface area (Å²) in [5.41, 5.74) is 13.2. The van der Waals surface area contributed by atoms with Crippen molar-refractivity contribution in [2.75, 3.05) is 31.9 Å². The zero-order chi connectivity index (χ0) is 22.2. The minimum absolute atomic E-state index is 0.168. The van der Waals surface area contributed by atoms with E-state index in [4.69, 9.17) is 39.4 Å². The molecule has 1 aliphatic heterocycles. The third kappa shape index (κ3) is 6.53. The maximum absolute atomic E-state index is 12.5. The number of benzene rings is 2. The maximum Gasteiger partial charge on any atom is 0.253 e. The monoisotopic (exact) mass is 462 g/mol. The lowest BCUT2D eigenvalue weighted by atomic mass is 10.0. The summed E-state index contributed by atoms with van der Waals surface area (Å²) < 4.78 is 6.03. The summed E-state index contributed by atoms with van der Waals surface area (Å²) in [5, 5.41) is 3.96. The molecule has 1 amide bonds. The molecule has 6 nitrogen and oxygen atoms in total. The Morgan fingerprint density at radius 1 is 1.16 bits per heavy atom. The summed E-state index contributed by atoms with van der Waals surface area (Å²) in [6.45, 7) is 3.39. The standard InChI is InChI=1S/C23H28Cl2N4O2/c24-20-7-6-17(14-21(20)25)31-16-8-12-29(13-9-16)11-3-10-28-23(30)19(15-26)18-4-1-2-5-22(18)27/h1-2,4-7,14-16H,3,8-13,26-27H2,(H,28,30)/b19-15+. The number of carbonyl (C=O) groups is 1. The van der Waals surface area contributed by atoms with E-state index in [2.05, 4.69) is 10.2 Å². The van der Waals surface area contributed by atoms with Gasteiger partial charge in [-0.1, -0.05) is 41.4 Å². The molecule has 0 aromatic heterocycles. The molecule has 2 aromatic carbocycles. The number of nitrogen functional groups attached to an aromatic ring is 1. The average Bonchev–Trinajstić information content (AvgIpc) is 2.77. The fourth-order valence-electron chi connectivity index (χ4n) is 3.62. The number of anilines is 1. The quantitative estimate of drug-likeness (QED) is 0.314. The topological polar surface area (TPSA) is 93.6 Å². The molecule has 3 rings (SSSR count). The van der Waals surface area contributed by atoms with Crippen LogP contribution < -0.4 is 21.5 Å². The Morgan fingerprint density at radius 2 is 1.90 bits per heavy atom. The second kappa shape index (κ2) is 11.3. The van der Waals surface area contributed by atoms with E-state index in [-0.39, 0.29) is 12.0 Å². The van der Waals surface area contributed by atoms with Crippen LogP contribution in [-0.4, -0.2) is 43.1 Å². The lowest BCUT2D eigenvalue weighted by molar-refractivity contribution is -0.115. The molecule has 0 radical (unpaired) electrons. The highest BCUT2D eigenvalue weighted by Gasteiger charge is 2.20. The van der Waals surface area contributed by atoms with Crippen LogP contribution >= 0.6 is 23.2 Å². The Bertz CT molecular complexity index is 928. The zero-order valence-electron chi connectivity index (χ0n) is 17.3. The first-order valence-electron chi connectivity index (χ1n) is 10.4. The van der Waals surface area contributed by atoms with Crippen molar-refractivity contribution in [2.45, 2.75) is 25.4 Å². The van der Waals surface area contributed by atoms with Crippen molar-refractivity contribution in [2.24, 2.45) is 5.73 Å². The first-order valence-corrected chi connectivity index (χ1v) is 11.1. The van der Waals surface area contributed by atoms with Gasteiger partial charge in [0.1, 0.15) is 11.9 Å². The summed E-state index contributed by atoms with van der Waals surface area (Å²) >= 11 is 12.0. The first-order chi connectivity index (χ1) is 15.0. The molecule has 0 aliphatic carbocycles. The van der Waals surface area contributed by atoms with Gasteiger partial charge in [0.25, 0.3) is 5.91 Å². The van der Waals surface area contributed by atoms with Crippen LogP contribution in [0.3, 0.4) is 0 Å². The number of ether oxygens (including phenoxy) is 1. The van der Waals surface area contributed by atoms with Crippen LogP contribution in [-0.2, 0) is 4.79 Å². The maximum atomic E-state index is 12.5. The number of carbonyl (C=O) groups excluding carboxylic acids is 1. The van der Waals surface area contributed by atoms with Crippen LogP contribution in [0.1, 0.15) is 24.8 Å². The van der Waals surface area contributed by atoms with Gasteiger partial charge in [0.05, 0.1) is 15.6 Å². The summed E-state index contributed by atoms with van der Waals surface area (Å²) in [5.74, 6) is 0.535. The van der Waals surface area contributed by atoms with Crippen LogP contribution in [0.15, 0.2) is 48.7 Å². The highest BCUT2D eigenvalue weighted by molar-refractivity contribution is 6.42. The third-order valence-corrected chi connectivity index (χ3v) is 6.07. The van der Waals surface area contributed by atoms with Gasteiger partial charge in [-0.2, -0.15) is 0 Å². The second-order valence-electron chi connectivity index (χ2n) is 7.51. The molecular formula is C23H28Cl2N4O2. The van der Waals surface area contributed by atoms with Crippen LogP contribution in [0.2, 0.25) is 10.0 Å². The Hall–Kier alpha value is -2.41. The molecule has 1 fully saturated rings. The van der Waals surface area contributed by atoms with Gasteiger partial charge in [0, 0.05) is 43.2 Å². The van der Waals surface area contributed by atoms with Gasteiger partial charge in [-0.3, -0.25) is 4.79 Å². The summed E-state index contributed by atoms with van der Waals surface area (Å²) in [6, 6.07) is 12.5. The molecule has 5 N–H and O–H groups in total. The van der Waals surface area contributed by atoms with Gasteiger partial charge in [0.2, 0.25) is 0 Å². The number of hydrogen-bond acceptors (Lipinski definition) is 5. The van der Waals surface area contributed by atoms with Crippen molar-refractivity contribution in [1.82, 2.24) is 10.2 Å². The van der Waals surface area contributed by atoms with E-state index in [0.717, 1.165) is 44.6 Å². The van der Waals surface area contributed by atoms with E-state index in [1.165, 1.54) is 6.20 Å². The van der Waals surface area contributed by atoms with Crippen molar-refractivity contribution in [3.63, 3.8) is 0 Å². The summed E-state index contributed by atoms with van der Waals surface area (Å²) in [6.07, 6.45) is 4.22. The number of halogens is 2. The predicted molar refractivity (Wildman–Crippen MR) is 127 cm³/mol. The van der Waals surface area contributed by atoms with Gasteiger partial charge in [-0.15, -0.1) is 0 Å².